The van der Waals surface area contributed by atoms with Gasteiger partial charge in [-0.15, -0.1) is 0 Å². The third kappa shape index (κ3) is 6.34. The minimum absolute atomic E-state index is 0.168. The molecule has 2 aromatic carbocycles. The number of nitrogens with zero attached hydrogens (tertiary/aromatic N) is 1. The molecule has 152 valence electrons. The Morgan fingerprint density at radius 1 is 0.862 bits per heavy atom. The van der Waals surface area contributed by atoms with Crippen LogP contribution in [0.4, 0.5) is 16.2 Å². The van der Waals surface area contributed by atoms with E-state index in [1.165, 1.54) is 0 Å². The van der Waals surface area contributed by atoms with E-state index in [1.807, 2.05) is 23.1 Å². The van der Waals surface area contributed by atoms with Crippen molar-refractivity contribution >= 4 is 29.2 Å². The summed E-state index contributed by atoms with van der Waals surface area (Å²) >= 11 is 0. The molecule has 0 aliphatic carbocycles. The van der Waals surface area contributed by atoms with Crippen molar-refractivity contribution in [2.45, 2.75) is 25.7 Å². The Balaban J connectivity index is 1.44. The monoisotopic (exact) mass is 394 g/mol. The SMILES string of the molecule is O=C(Nc1ccccc1)Nc1ccc(C(=O)NCCN2CCCCCC2=O)cc1. The zero-order valence-electron chi connectivity index (χ0n) is 16.3. The molecule has 1 fully saturated rings. The molecule has 0 bridgehead atoms. The molecule has 0 aromatic heterocycles. The minimum Gasteiger partial charge on any atom is -0.350 e. The molecule has 4 amide bonds. The molecule has 7 nitrogen and oxygen atoms in total. The predicted octanol–water partition coefficient (Wildman–Crippen LogP) is 3.46. The first-order valence-corrected chi connectivity index (χ1v) is 9.91. The van der Waals surface area contributed by atoms with Gasteiger partial charge in [0.05, 0.1) is 0 Å². The summed E-state index contributed by atoms with van der Waals surface area (Å²) in [5, 5.41) is 8.31. The number of amides is 4. The van der Waals surface area contributed by atoms with Crippen LogP contribution in [-0.2, 0) is 4.79 Å². The minimum atomic E-state index is -0.351. The van der Waals surface area contributed by atoms with E-state index in [0.29, 0.717) is 36.4 Å². The number of carbonyl (C=O) groups is 3. The second-order valence-corrected chi connectivity index (χ2v) is 6.97. The number of nitrogens with one attached hydrogen (secondary N) is 3. The van der Waals surface area contributed by atoms with Crippen molar-refractivity contribution in [3.63, 3.8) is 0 Å². The quantitative estimate of drug-likeness (QED) is 0.701. The first-order valence-electron chi connectivity index (χ1n) is 9.91. The summed E-state index contributed by atoms with van der Waals surface area (Å²) in [6.07, 6.45) is 3.65. The van der Waals surface area contributed by atoms with E-state index < -0.39 is 0 Å². The summed E-state index contributed by atoms with van der Waals surface area (Å²) in [7, 11) is 0. The normalized spacial score (nSPS) is 14.1. The topological polar surface area (TPSA) is 90.5 Å². The van der Waals surface area contributed by atoms with Crippen LogP contribution in [0.3, 0.4) is 0 Å². The molecular weight excluding hydrogens is 368 g/mol. The van der Waals surface area contributed by atoms with E-state index in [2.05, 4.69) is 16.0 Å². The Kier molecular flexibility index (Phi) is 7.22. The number of para-hydroxylation sites is 1. The van der Waals surface area contributed by atoms with Gasteiger partial charge in [-0.25, -0.2) is 4.79 Å². The van der Waals surface area contributed by atoms with Crippen LogP contribution in [0, 0.1) is 0 Å². The van der Waals surface area contributed by atoms with Crippen LogP contribution in [0.2, 0.25) is 0 Å². The molecule has 0 saturated carbocycles. The summed E-state index contributed by atoms with van der Waals surface area (Å²) < 4.78 is 0. The molecule has 3 N–H and O–H groups in total. The van der Waals surface area contributed by atoms with E-state index >= 15 is 0 Å². The Hall–Kier alpha value is -3.35. The highest BCUT2D eigenvalue weighted by atomic mass is 16.2. The Bertz CT molecular complexity index is 837. The maximum absolute atomic E-state index is 12.3. The van der Waals surface area contributed by atoms with Gasteiger partial charge in [0.2, 0.25) is 5.91 Å². The molecule has 0 atom stereocenters. The molecule has 29 heavy (non-hydrogen) atoms. The van der Waals surface area contributed by atoms with Crippen molar-refractivity contribution in [3.05, 3.63) is 60.2 Å². The lowest BCUT2D eigenvalue weighted by atomic mass is 10.2. The average molecular weight is 394 g/mol. The first kappa shape index (κ1) is 20.4. The second kappa shape index (κ2) is 10.3. The predicted molar refractivity (Wildman–Crippen MR) is 113 cm³/mol. The third-order valence-corrected chi connectivity index (χ3v) is 4.78. The molecule has 1 aliphatic rings. The van der Waals surface area contributed by atoms with Crippen LogP contribution < -0.4 is 16.0 Å². The molecule has 2 aromatic rings. The van der Waals surface area contributed by atoms with E-state index in [4.69, 9.17) is 0 Å². The molecule has 3 rings (SSSR count). The standard InChI is InChI=1S/C22H26N4O3/c27-20-9-5-2-6-15-26(20)16-14-23-21(28)17-10-12-19(13-11-17)25-22(29)24-18-7-3-1-4-8-18/h1,3-4,7-8,10-13H,2,5-6,9,14-16H2,(H,23,28)(H2,24,25,29). The van der Waals surface area contributed by atoms with Crippen LogP contribution in [0.15, 0.2) is 54.6 Å². The van der Waals surface area contributed by atoms with E-state index in [9.17, 15) is 14.4 Å². The van der Waals surface area contributed by atoms with Gasteiger partial charge in [-0.05, 0) is 49.2 Å². The summed E-state index contributed by atoms with van der Waals surface area (Å²) in [4.78, 5) is 38.1. The molecule has 1 aliphatic heterocycles. The number of likely N-dealkylation sites (tertiary alicyclic amines) is 1. The van der Waals surface area contributed by atoms with Crippen molar-refractivity contribution in [2.75, 3.05) is 30.3 Å². The average Bonchev–Trinajstić information content (AvgIpc) is 2.93. The number of benzene rings is 2. The number of hydrogen-bond donors (Lipinski definition) is 3. The Morgan fingerprint density at radius 3 is 2.28 bits per heavy atom. The molecule has 7 heteroatoms. The lowest BCUT2D eigenvalue weighted by Gasteiger charge is -2.20. The van der Waals surface area contributed by atoms with Crippen LogP contribution in [0.5, 0.6) is 0 Å². The van der Waals surface area contributed by atoms with Crippen LogP contribution in [0.25, 0.3) is 0 Å². The highest BCUT2D eigenvalue weighted by molar-refractivity contribution is 6.00. The van der Waals surface area contributed by atoms with Gasteiger partial charge in [0.15, 0.2) is 0 Å². The van der Waals surface area contributed by atoms with Crippen LogP contribution in [-0.4, -0.2) is 42.4 Å². The number of urea groups is 1. The maximum Gasteiger partial charge on any atom is 0.323 e. The second-order valence-electron chi connectivity index (χ2n) is 6.97. The van der Waals surface area contributed by atoms with Gasteiger partial charge in [-0.3, -0.25) is 9.59 Å². The van der Waals surface area contributed by atoms with Gasteiger partial charge >= 0.3 is 6.03 Å². The van der Waals surface area contributed by atoms with Crippen molar-refractivity contribution in [1.82, 2.24) is 10.2 Å². The summed E-state index contributed by atoms with van der Waals surface area (Å²) in [6, 6.07) is 15.5. The Labute approximate surface area is 170 Å². The third-order valence-electron chi connectivity index (χ3n) is 4.78. The highest BCUT2D eigenvalue weighted by Gasteiger charge is 2.16. The molecule has 1 heterocycles. The number of carbonyl (C=O) groups excluding carboxylic acids is 3. The molecular formula is C22H26N4O3. The van der Waals surface area contributed by atoms with Gasteiger partial charge in [0.1, 0.15) is 0 Å². The zero-order valence-corrected chi connectivity index (χ0v) is 16.3. The summed E-state index contributed by atoms with van der Waals surface area (Å²) in [5.41, 5.74) is 1.79. The molecule has 1 saturated heterocycles. The van der Waals surface area contributed by atoms with Gasteiger partial charge in [0.25, 0.3) is 5.91 Å². The molecule has 0 unspecified atom stereocenters. The Morgan fingerprint density at radius 2 is 1.55 bits per heavy atom. The fourth-order valence-electron chi connectivity index (χ4n) is 3.20. The van der Waals surface area contributed by atoms with E-state index in [0.717, 1.165) is 25.8 Å². The number of rotatable bonds is 6. The largest absolute Gasteiger partial charge is 0.350 e. The lowest BCUT2D eigenvalue weighted by Crippen LogP contribution is -2.38. The van der Waals surface area contributed by atoms with Crippen molar-refractivity contribution in [1.29, 1.82) is 0 Å². The fourth-order valence-corrected chi connectivity index (χ4v) is 3.20. The summed E-state index contributed by atoms with van der Waals surface area (Å²) in [5.74, 6) is -0.0338. The van der Waals surface area contributed by atoms with Gasteiger partial charge in [-0.1, -0.05) is 24.6 Å². The first-order chi connectivity index (χ1) is 14.1. The highest BCUT2D eigenvalue weighted by Crippen LogP contribution is 2.12. The smallest absolute Gasteiger partial charge is 0.323 e. The van der Waals surface area contributed by atoms with E-state index in [1.54, 1.807) is 36.4 Å². The summed E-state index contributed by atoms with van der Waals surface area (Å²) in [6.45, 7) is 1.72. The van der Waals surface area contributed by atoms with Crippen molar-refractivity contribution < 1.29 is 14.4 Å². The zero-order chi connectivity index (χ0) is 20.5. The van der Waals surface area contributed by atoms with Crippen LogP contribution in [0.1, 0.15) is 36.0 Å². The lowest BCUT2D eigenvalue weighted by molar-refractivity contribution is -0.130. The number of hydrogen-bond acceptors (Lipinski definition) is 3. The number of anilines is 2. The van der Waals surface area contributed by atoms with Gasteiger partial charge in [0, 0.05) is 43.0 Å². The molecule has 0 radical (unpaired) electrons. The van der Waals surface area contributed by atoms with Crippen molar-refractivity contribution in [3.8, 4) is 0 Å². The van der Waals surface area contributed by atoms with Gasteiger partial charge < -0.3 is 20.9 Å². The maximum atomic E-state index is 12.3. The molecule has 0 spiro atoms. The van der Waals surface area contributed by atoms with Crippen molar-refractivity contribution in [2.24, 2.45) is 0 Å². The fraction of sp³-hybridized carbons (Fsp3) is 0.318. The van der Waals surface area contributed by atoms with E-state index in [-0.39, 0.29) is 17.8 Å². The van der Waals surface area contributed by atoms with Crippen LogP contribution >= 0.6 is 0 Å². The van der Waals surface area contributed by atoms with Gasteiger partial charge in [-0.2, -0.15) is 0 Å².